The number of rotatable bonds is 7. The van der Waals surface area contributed by atoms with Crippen molar-refractivity contribution in [3.8, 4) is 5.75 Å². The minimum atomic E-state index is 0.0112. The second kappa shape index (κ2) is 8.81. The van der Waals surface area contributed by atoms with E-state index in [1.165, 1.54) is 22.1 Å². The predicted octanol–water partition coefficient (Wildman–Crippen LogP) is 4.40. The van der Waals surface area contributed by atoms with E-state index in [0.717, 1.165) is 62.0 Å². The van der Waals surface area contributed by atoms with E-state index in [0.29, 0.717) is 12.4 Å². The van der Waals surface area contributed by atoms with Crippen molar-refractivity contribution in [1.82, 2.24) is 4.90 Å². The summed E-state index contributed by atoms with van der Waals surface area (Å²) in [5, 5.41) is 11.4. The Morgan fingerprint density at radius 3 is 2.77 bits per heavy atom. The third-order valence-electron chi connectivity index (χ3n) is 6.68. The molecule has 2 aliphatic rings. The van der Waals surface area contributed by atoms with Crippen LogP contribution in [0.4, 0.5) is 0 Å². The minimum absolute atomic E-state index is 0.0112. The molecular weight excluding hydrogens is 386 g/mol. The molecule has 1 aliphatic heterocycles. The molecule has 31 heavy (non-hydrogen) atoms. The van der Waals surface area contributed by atoms with E-state index in [1.807, 2.05) is 18.2 Å². The van der Waals surface area contributed by atoms with Gasteiger partial charge in [-0.1, -0.05) is 42.5 Å². The number of aryl methyl sites for hydroxylation is 2. The zero-order chi connectivity index (χ0) is 21.2. The van der Waals surface area contributed by atoms with Crippen LogP contribution in [0.15, 0.2) is 54.6 Å². The molecule has 4 heteroatoms. The quantitative estimate of drug-likeness (QED) is 0.581. The van der Waals surface area contributed by atoms with Crippen molar-refractivity contribution in [2.75, 3.05) is 26.3 Å². The highest BCUT2D eigenvalue weighted by atomic mass is 16.5. The number of nitrogens with zero attached hydrogens (tertiary/aromatic N) is 1. The maximum Gasteiger partial charge on any atom is 0.167 e. The van der Waals surface area contributed by atoms with Gasteiger partial charge < -0.3 is 9.84 Å². The zero-order valence-electron chi connectivity index (χ0n) is 17.8. The second-order valence-corrected chi connectivity index (χ2v) is 8.77. The first kappa shape index (κ1) is 20.2. The van der Waals surface area contributed by atoms with Gasteiger partial charge in [0.25, 0.3) is 0 Å². The zero-order valence-corrected chi connectivity index (χ0v) is 17.8. The third-order valence-corrected chi connectivity index (χ3v) is 6.68. The highest BCUT2D eigenvalue weighted by Crippen LogP contribution is 2.34. The Morgan fingerprint density at radius 2 is 1.90 bits per heavy atom. The van der Waals surface area contributed by atoms with Gasteiger partial charge in [0.15, 0.2) is 5.78 Å². The highest BCUT2D eigenvalue weighted by Gasteiger charge is 2.28. The molecule has 160 valence electrons. The molecule has 3 aromatic carbocycles. The molecule has 5 rings (SSSR count). The van der Waals surface area contributed by atoms with Crippen LogP contribution < -0.4 is 4.74 Å². The molecule has 1 fully saturated rings. The van der Waals surface area contributed by atoms with Crippen LogP contribution >= 0.6 is 0 Å². The van der Waals surface area contributed by atoms with Gasteiger partial charge in [-0.2, -0.15) is 0 Å². The molecule has 0 saturated carbocycles. The topological polar surface area (TPSA) is 49.8 Å². The number of carbonyl (C=O) groups is 1. The summed E-state index contributed by atoms with van der Waals surface area (Å²) in [4.78, 5) is 15.9. The minimum Gasteiger partial charge on any atom is -0.491 e. The van der Waals surface area contributed by atoms with Crippen molar-refractivity contribution in [3.63, 3.8) is 0 Å². The molecule has 3 aromatic rings. The van der Waals surface area contributed by atoms with E-state index in [9.17, 15) is 4.79 Å². The monoisotopic (exact) mass is 415 g/mol. The number of hydrogen-bond acceptors (Lipinski definition) is 4. The lowest BCUT2D eigenvalue weighted by Gasteiger charge is -2.32. The van der Waals surface area contributed by atoms with Crippen LogP contribution in [0.3, 0.4) is 0 Å². The van der Waals surface area contributed by atoms with Gasteiger partial charge in [-0.15, -0.1) is 0 Å². The van der Waals surface area contributed by atoms with Crippen LogP contribution in [0.5, 0.6) is 5.75 Å². The maximum absolute atomic E-state index is 13.6. The number of ketones is 1. The molecule has 0 bridgehead atoms. The smallest absolute Gasteiger partial charge is 0.167 e. The first-order chi connectivity index (χ1) is 15.2. The van der Waals surface area contributed by atoms with Crippen molar-refractivity contribution < 1.29 is 14.6 Å². The van der Waals surface area contributed by atoms with Gasteiger partial charge in [0, 0.05) is 24.6 Å². The van der Waals surface area contributed by atoms with Crippen LogP contribution in [-0.2, 0) is 19.4 Å². The molecule has 0 spiro atoms. The van der Waals surface area contributed by atoms with E-state index >= 15 is 0 Å². The van der Waals surface area contributed by atoms with Gasteiger partial charge in [0.2, 0.25) is 0 Å². The molecule has 1 saturated heterocycles. The Bertz CT molecular complexity index is 1100. The van der Waals surface area contributed by atoms with Crippen molar-refractivity contribution in [2.24, 2.45) is 5.92 Å². The standard InChI is InChI=1S/C27H29NO3/c29-14-15-31-23-7-1-4-19(16-23)17-28-13-3-6-22(18-28)27(30)25-12-11-21-10-9-20-5-2-8-24(25)26(20)21/h1-2,4-5,7-8,11-12,16,22,29H,3,6,9-10,13-15,17-18H2. The molecule has 1 heterocycles. The summed E-state index contributed by atoms with van der Waals surface area (Å²) >= 11 is 0. The van der Waals surface area contributed by atoms with E-state index in [2.05, 4.69) is 41.3 Å². The van der Waals surface area contributed by atoms with Crippen molar-refractivity contribution in [3.05, 3.63) is 76.9 Å². The SMILES string of the molecule is O=C(c1ccc2c3c(cccc13)CC2)C1CCCN(Cc2cccc(OCCO)c2)C1. The second-order valence-electron chi connectivity index (χ2n) is 8.77. The third kappa shape index (κ3) is 4.10. The number of carbonyl (C=O) groups excluding carboxylic acids is 1. The van der Waals surface area contributed by atoms with Gasteiger partial charge in [-0.25, -0.2) is 0 Å². The Hall–Kier alpha value is -2.69. The Balaban J connectivity index is 1.32. The van der Waals surface area contributed by atoms with Crippen molar-refractivity contribution in [2.45, 2.75) is 32.2 Å². The Morgan fingerprint density at radius 1 is 1.06 bits per heavy atom. The predicted molar refractivity (Wildman–Crippen MR) is 123 cm³/mol. The highest BCUT2D eigenvalue weighted by molar-refractivity contribution is 6.11. The fraction of sp³-hybridized carbons (Fsp3) is 0.370. The number of aliphatic hydroxyl groups excluding tert-OH is 1. The molecule has 0 amide bonds. The summed E-state index contributed by atoms with van der Waals surface area (Å²) < 4.78 is 5.54. The molecule has 1 atom stereocenters. The molecule has 1 aliphatic carbocycles. The fourth-order valence-corrected chi connectivity index (χ4v) is 5.25. The van der Waals surface area contributed by atoms with Gasteiger partial charge in [0.05, 0.1) is 6.61 Å². The normalized spacial score (nSPS) is 18.4. The van der Waals surface area contributed by atoms with E-state index in [1.54, 1.807) is 0 Å². The Kier molecular flexibility index (Phi) is 5.75. The van der Waals surface area contributed by atoms with E-state index in [4.69, 9.17) is 9.84 Å². The Labute approximate surface area is 183 Å². The molecule has 0 aromatic heterocycles. The number of likely N-dealkylation sites (tertiary alicyclic amines) is 1. The first-order valence-corrected chi connectivity index (χ1v) is 11.4. The summed E-state index contributed by atoms with van der Waals surface area (Å²) in [5.41, 5.74) is 4.84. The number of Topliss-reactive ketones (excluding diaryl/α,β-unsaturated/α-hetero) is 1. The van der Waals surface area contributed by atoms with Crippen LogP contribution in [0, 0.1) is 5.92 Å². The van der Waals surface area contributed by atoms with Gasteiger partial charge >= 0.3 is 0 Å². The number of aliphatic hydroxyl groups is 1. The molecule has 1 N–H and O–H groups in total. The van der Waals surface area contributed by atoms with Crippen LogP contribution in [0.2, 0.25) is 0 Å². The van der Waals surface area contributed by atoms with Gasteiger partial charge in [-0.05, 0) is 71.8 Å². The number of ether oxygens (including phenoxy) is 1. The fourth-order valence-electron chi connectivity index (χ4n) is 5.25. The van der Waals surface area contributed by atoms with Gasteiger partial charge in [0.1, 0.15) is 12.4 Å². The van der Waals surface area contributed by atoms with E-state index in [-0.39, 0.29) is 12.5 Å². The summed E-state index contributed by atoms with van der Waals surface area (Å²) in [5.74, 6) is 1.12. The van der Waals surface area contributed by atoms with Crippen LogP contribution in [0.1, 0.15) is 39.9 Å². The molecule has 0 radical (unpaired) electrons. The average molecular weight is 416 g/mol. The summed E-state index contributed by atoms with van der Waals surface area (Å²) in [7, 11) is 0. The van der Waals surface area contributed by atoms with Crippen LogP contribution in [0.25, 0.3) is 10.8 Å². The number of piperidine rings is 1. The number of hydrogen-bond donors (Lipinski definition) is 1. The maximum atomic E-state index is 13.6. The first-order valence-electron chi connectivity index (χ1n) is 11.4. The summed E-state index contributed by atoms with van der Waals surface area (Å²) in [6.45, 7) is 2.93. The summed E-state index contributed by atoms with van der Waals surface area (Å²) in [6.07, 6.45) is 4.17. The number of benzene rings is 3. The van der Waals surface area contributed by atoms with E-state index < -0.39 is 0 Å². The largest absolute Gasteiger partial charge is 0.491 e. The van der Waals surface area contributed by atoms with Crippen molar-refractivity contribution in [1.29, 1.82) is 0 Å². The molecule has 1 unspecified atom stereocenters. The average Bonchev–Trinajstić information content (AvgIpc) is 3.23. The lowest BCUT2D eigenvalue weighted by atomic mass is 9.87. The lowest BCUT2D eigenvalue weighted by Crippen LogP contribution is -2.38. The summed E-state index contributed by atoms with van der Waals surface area (Å²) in [6, 6.07) is 18.7. The van der Waals surface area contributed by atoms with Crippen LogP contribution in [-0.4, -0.2) is 42.1 Å². The van der Waals surface area contributed by atoms with Gasteiger partial charge in [-0.3, -0.25) is 9.69 Å². The lowest BCUT2D eigenvalue weighted by molar-refractivity contribution is 0.0813. The molecular formula is C27H29NO3. The van der Waals surface area contributed by atoms with Crippen molar-refractivity contribution >= 4 is 16.6 Å². The molecule has 4 nitrogen and oxygen atoms in total.